The zero-order valence-corrected chi connectivity index (χ0v) is 16.2. The van der Waals surface area contributed by atoms with Crippen molar-refractivity contribution in [3.63, 3.8) is 0 Å². The first kappa shape index (κ1) is 19.7. The lowest BCUT2D eigenvalue weighted by molar-refractivity contribution is 0.102. The largest absolute Gasteiger partial charge is 0.487 e. The zero-order valence-electron chi connectivity index (χ0n) is 16.2. The van der Waals surface area contributed by atoms with Gasteiger partial charge in [0.2, 0.25) is 0 Å². The number of hydrogen-bond acceptors (Lipinski definition) is 6. The van der Waals surface area contributed by atoms with Crippen LogP contribution in [0.5, 0.6) is 5.75 Å². The minimum absolute atomic E-state index is 0.186. The van der Waals surface area contributed by atoms with Crippen LogP contribution in [0.2, 0.25) is 0 Å². The lowest BCUT2D eigenvalue weighted by Gasteiger charge is -2.40. The number of benzene rings is 1. The predicted molar refractivity (Wildman–Crippen MR) is 107 cm³/mol. The molecule has 4 rings (SSSR count). The number of aryl methyl sites for hydroxylation is 1. The van der Waals surface area contributed by atoms with Crippen LogP contribution in [0.3, 0.4) is 0 Å². The Balaban J connectivity index is 1.42. The van der Waals surface area contributed by atoms with Crippen LogP contribution in [0.4, 0.5) is 20.3 Å². The maximum absolute atomic E-state index is 13.3. The maximum atomic E-state index is 13.3. The van der Waals surface area contributed by atoms with E-state index < -0.39 is 17.5 Å². The van der Waals surface area contributed by atoms with Crippen molar-refractivity contribution >= 4 is 17.4 Å². The first-order valence-corrected chi connectivity index (χ1v) is 9.46. The van der Waals surface area contributed by atoms with Gasteiger partial charge in [0.15, 0.2) is 23.1 Å². The van der Waals surface area contributed by atoms with Crippen LogP contribution in [0.15, 0.2) is 49.1 Å². The number of rotatable bonds is 6. The third-order valence-electron chi connectivity index (χ3n) is 4.70. The Morgan fingerprint density at radius 1 is 1.17 bits per heavy atom. The van der Waals surface area contributed by atoms with E-state index in [-0.39, 0.29) is 17.5 Å². The third kappa shape index (κ3) is 4.19. The Hall–Kier alpha value is -3.62. The number of hydrogen-bond donors (Lipinski definition) is 1. The number of aromatic nitrogens is 3. The molecule has 0 bridgehead atoms. The fourth-order valence-corrected chi connectivity index (χ4v) is 3.09. The molecule has 0 atom stereocenters. The smallest absolute Gasteiger partial charge is 0.278 e. The first-order chi connectivity index (χ1) is 14.5. The van der Waals surface area contributed by atoms with E-state index >= 15 is 0 Å². The summed E-state index contributed by atoms with van der Waals surface area (Å²) in [5.41, 5.74) is 1.77. The van der Waals surface area contributed by atoms with E-state index in [9.17, 15) is 13.6 Å². The number of anilines is 2. The van der Waals surface area contributed by atoms with Crippen LogP contribution in [0, 0.1) is 11.6 Å². The molecule has 1 saturated heterocycles. The van der Waals surface area contributed by atoms with Crippen LogP contribution in [-0.2, 0) is 6.42 Å². The molecule has 3 aromatic rings. The van der Waals surface area contributed by atoms with E-state index in [1.54, 1.807) is 12.4 Å². The molecule has 1 amide bonds. The topological polar surface area (TPSA) is 80.2 Å². The van der Waals surface area contributed by atoms with Crippen LogP contribution >= 0.6 is 0 Å². The zero-order chi connectivity index (χ0) is 21.1. The van der Waals surface area contributed by atoms with E-state index in [1.807, 2.05) is 17.9 Å². The highest BCUT2D eigenvalue weighted by atomic mass is 19.2. The van der Waals surface area contributed by atoms with Gasteiger partial charge in [0.25, 0.3) is 5.91 Å². The van der Waals surface area contributed by atoms with Gasteiger partial charge >= 0.3 is 0 Å². The highest BCUT2D eigenvalue weighted by Gasteiger charge is 2.33. The Morgan fingerprint density at radius 3 is 2.73 bits per heavy atom. The van der Waals surface area contributed by atoms with E-state index in [0.29, 0.717) is 24.6 Å². The number of pyridine rings is 1. The molecule has 1 aliphatic rings. The average molecular weight is 411 g/mol. The van der Waals surface area contributed by atoms with Gasteiger partial charge in [-0.25, -0.2) is 18.7 Å². The molecular formula is C21H19F2N5O2. The van der Waals surface area contributed by atoms with Gasteiger partial charge < -0.3 is 15.0 Å². The quantitative estimate of drug-likeness (QED) is 0.671. The lowest BCUT2D eigenvalue weighted by atomic mass is 10.1. The van der Waals surface area contributed by atoms with Crippen LogP contribution in [0.25, 0.3) is 0 Å². The summed E-state index contributed by atoms with van der Waals surface area (Å²) in [7, 11) is 0. The van der Waals surface area contributed by atoms with Gasteiger partial charge in [0.05, 0.1) is 25.0 Å². The molecule has 1 aromatic carbocycles. The number of halogens is 2. The highest BCUT2D eigenvalue weighted by Crippen LogP contribution is 2.26. The van der Waals surface area contributed by atoms with Gasteiger partial charge in [-0.15, -0.1) is 0 Å². The molecule has 0 unspecified atom stereocenters. The second kappa shape index (κ2) is 8.40. The van der Waals surface area contributed by atoms with Gasteiger partial charge in [0, 0.05) is 24.7 Å². The van der Waals surface area contributed by atoms with Crippen LogP contribution in [-0.4, -0.2) is 40.1 Å². The number of nitrogens with zero attached hydrogens (tertiary/aromatic N) is 4. The summed E-state index contributed by atoms with van der Waals surface area (Å²) in [5.74, 6) is -1.59. The molecule has 1 N–H and O–H groups in total. The lowest BCUT2D eigenvalue weighted by Crippen LogP contribution is -2.54. The van der Waals surface area contributed by atoms with E-state index in [4.69, 9.17) is 4.74 Å². The molecule has 0 spiro atoms. The monoisotopic (exact) mass is 411 g/mol. The molecule has 2 aromatic heterocycles. The van der Waals surface area contributed by atoms with Crippen molar-refractivity contribution in [1.29, 1.82) is 0 Å². The van der Waals surface area contributed by atoms with Gasteiger partial charge in [-0.2, -0.15) is 0 Å². The van der Waals surface area contributed by atoms with Crippen LogP contribution in [0.1, 0.15) is 23.0 Å². The van der Waals surface area contributed by atoms with Crippen molar-refractivity contribution in [2.75, 3.05) is 23.3 Å². The molecule has 1 aliphatic heterocycles. The van der Waals surface area contributed by atoms with Gasteiger partial charge in [-0.05, 0) is 30.2 Å². The highest BCUT2D eigenvalue weighted by molar-refractivity contribution is 6.06. The van der Waals surface area contributed by atoms with Crippen molar-refractivity contribution in [2.24, 2.45) is 0 Å². The minimum Gasteiger partial charge on any atom is -0.487 e. The summed E-state index contributed by atoms with van der Waals surface area (Å²) in [5, 5.41) is 2.80. The number of carbonyl (C=O) groups excluding carboxylic acids is 1. The Kier molecular flexibility index (Phi) is 5.51. The normalized spacial score (nSPS) is 13.6. The molecule has 1 fully saturated rings. The van der Waals surface area contributed by atoms with Crippen molar-refractivity contribution < 1.29 is 18.3 Å². The van der Waals surface area contributed by atoms with E-state index in [1.165, 1.54) is 18.5 Å². The molecule has 0 saturated carbocycles. The molecule has 0 radical (unpaired) electrons. The molecular weight excluding hydrogens is 392 g/mol. The minimum atomic E-state index is -0.960. The summed E-state index contributed by atoms with van der Waals surface area (Å²) >= 11 is 0. The van der Waals surface area contributed by atoms with Crippen molar-refractivity contribution in [3.8, 4) is 5.75 Å². The number of ether oxygens (including phenoxy) is 1. The molecule has 0 aliphatic carbocycles. The Morgan fingerprint density at radius 2 is 1.97 bits per heavy atom. The number of amides is 1. The van der Waals surface area contributed by atoms with E-state index in [0.717, 1.165) is 24.1 Å². The maximum Gasteiger partial charge on any atom is 0.278 e. The molecule has 7 nitrogen and oxygen atoms in total. The molecule has 30 heavy (non-hydrogen) atoms. The third-order valence-corrected chi connectivity index (χ3v) is 4.70. The number of nitrogens with one attached hydrogen (secondary N) is 1. The summed E-state index contributed by atoms with van der Waals surface area (Å²) in [4.78, 5) is 27.2. The number of carbonyl (C=O) groups is 1. The fourth-order valence-electron chi connectivity index (χ4n) is 3.09. The first-order valence-electron chi connectivity index (χ1n) is 9.46. The second-order valence-corrected chi connectivity index (χ2v) is 6.84. The summed E-state index contributed by atoms with van der Waals surface area (Å²) < 4.78 is 32.0. The van der Waals surface area contributed by atoms with E-state index in [2.05, 4.69) is 20.3 Å². The Labute approximate surface area is 171 Å². The SMILES string of the molecule is CCc1cncc(NC(=O)c2nccnc2N2CC(Oc3ccc(F)c(F)c3)C2)c1. The van der Waals surface area contributed by atoms with Gasteiger partial charge in [0.1, 0.15) is 11.9 Å². The van der Waals surface area contributed by atoms with Crippen molar-refractivity contribution in [1.82, 2.24) is 15.0 Å². The van der Waals surface area contributed by atoms with Crippen LogP contribution < -0.4 is 15.0 Å². The summed E-state index contributed by atoms with van der Waals surface area (Å²) in [6, 6.07) is 5.27. The van der Waals surface area contributed by atoms with Gasteiger partial charge in [-0.1, -0.05) is 6.92 Å². The molecule has 3 heterocycles. The molecule has 9 heteroatoms. The summed E-state index contributed by atoms with van der Waals surface area (Å²) in [6.45, 7) is 2.88. The summed E-state index contributed by atoms with van der Waals surface area (Å²) in [6.07, 6.45) is 6.85. The second-order valence-electron chi connectivity index (χ2n) is 6.84. The average Bonchev–Trinajstić information content (AvgIpc) is 2.73. The fraction of sp³-hybridized carbons (Fsp3) is 0.238. The van der Waals surface area contributed by atoms with Crippen molar-refractivity contribution in [2.45, 2.75) is 19.4 Å². The predicted octanol–water partition coefficient (Wildman–Crippen LogP) is 3.23. The van der Waals surface area contributed by atoms with Crippen molar-refractivity contribution in [3.05, 3.63) is 71.9 Å². The molecule has 154 valence electrons. The Bertz CT molecular complexity index is 1070. The van der Waals surface area contributed by atoms with Gasteiger partial charge in [-0.3, -0.25) is 9.78 Å². The standard InChI is InChI=1S/C21H19F2N5O2/c1-2-13-7-14(10-24-9-13)27-21(29)19-20(26-6-5-25-19)28-11-16(12-28)30-15-3-4-17(22)18(23)8-15/h3-10,16H,2,11-12H2,1H3,(H,27,29).